The molecule has 0 aromatic carbocycles. The number of hydrogen-bond acceptors (Lipinski definition) is 5. The van der Waals surface area contributed by atoms with E-state index in [1.807, 2.05) is 35.6 Å². The average Bonchev–Trinajstić information content (AvgIpc) is 3.34. The fourth-order valence-corrected chi connectivity index (χ4v) is 4.47. The Morgan fingerprint density at radius 2 is 1.93 bits per heavy atom. The first-order valence-corrected chi connectivity index (χ1v) is 10.8. The minimum atomic E-state index is -0.0301. The van der Waals surface area contributed by atoms with Crippen LogP contribution in [0.25, 0.3) is 11.5 Å². The van der Waals surface area contributed by atoms with Crippen molar-refractivity contribution >= 4 is 11.6 Å². The summed E-state index contributed by atoms with van der Waals surface area (Å²) >= 11 is 0. The summed E-state index contributed by atoms with van der Waals surface area (Å²) in [4.78, 5) is 14.9. The first-order valence-electron chi connectivity index (χ1n) is 10.8. The van der Waals surface area contributed by atoms with Gasteiger partial charge >= 0.3 is 0 Å². The Labute approximate surface area is 177 Å². The minimum Gasteiger partial charge on any atom is -0.338 e. The Kier molecular flexibility index (Phi) is 5.11. The number of hydrogen-bond donors (Lipinski definition) is 0. The van der Waals surface area contributed by atoms with Crippen LogP contribution in [-0.4, -0.2) is 52.5 Å². The lowest BCUT2D eigenvalue weighted by molar-refractivity contribution is -0.134. The van der Waals surface area contributed by atoms with Crippen LogP contribution >= 0.6 is 0 Å². The Morgan fingerprint density at radius 3 is 2.60 bits per heavy atom. The predicted molar refractivity (Wildman–Crippen MR) is 115 cm³/mol. The van der Waals surface area contributed by atoms with Gasteiger partial charge in [-0.05, 0) is 64.7 Å². The van der Waals surface area contributed by atoms with Crippen LogP contribution in [0.5, 0.6) is 0 Å². The number of rotatable bonds is 5. The zero-order valence-electron chi connectivity index (χ0n) is 18.8. The summed E-state index contributed by atoms with van der Waals surface area (Å²) in [7, 11) is 0. The highest BCUT2D eigenvalue weighted by atomic mass is 16.2. The molecule has 3 aromatic heterocycles. The molecule has 0 saturated carbocycles. The van der Waals surface area contributed by atoms with Crippen molar-refractivity contribution in [1.82, 2.24) is 34.5 Å². The second-order valence-corrected chi connectivity index (χ2v) is 9.20. The molecule has 0 aliphatic carbocycles. The number of carbonyl (C=O) groups excluding carboxylic acids is 1. The van der Waals surface area contributed by atoms with Crippen LogP contribution in [0.2, 0.25) is 0 Å². The average molecular weight is 410 g/mol. The van der Waals surface area contributed by atoms with E-state index in [9.17, 15) is 4.79 Å². The van der Waals surface area contributed by atoms with Crippen molar-refractivity contribution in [3.63, 3.8) is 0 Å². The second-order valence-electron chi connectivity index (χ2n) is 9.20. The summed E-state index contributed by atoms with van der Waals surface area (Å²) in [6.45, 7) is 13.4. The van der Waals surface area contributed by atoms with E-state index in [4.69, 9.17) is 10.2 Å². The molecule has 1 amide bonds. The highest BCUT2D eigenvalue weighted by molar-refractivity contribution is 5.77. The van der Waals surface area contributed by atoms with Crippen LogP contribution in [0.3, 0.4) is 0 Å². The molecule has 0 radical (unpaired) electrons. The summed E-state index contributed by atoms with van der Waals surface area (Å²) in [5.74, 6) is 2.00. The zero-order valence-corrected chi connectivity index (χ0v) is 18.8. The summed E-state index contributed by atoms with van der Waals surface area (Å²) in [6.07, 6.45) is 3.36. The maximum atomic E-state index is 12.8. The van der Waals surface area contributed by atoms with Gasteiger partial charge in [-0.2, -0.15) is 9.61 Å². The third-order valence-electron chi connectivity index (χ3n) is 6.24. The number of amides is 1. The number of aromatic nitrogens is 6. The maximum Gasteiger partial charge on any atom is 0.223 e. The Bertz CT molecular complexity index is 1090. The topological polar surface area (TPSA) is 81.2 Å². The highest BCUT2D eigenvalue weighted by Gasteiger charge is 2.35. The van der Waals surface area contributed by atoms with Gasteiger partial charge in [-0.15, -0.1) is 15.3 Å². The smallest absolute Gasteiger partial charge is 0.223 e. The van der Waals surface area contributed by atoms with Crippen molar-refractivity contribution in [2.24, 2.45) is 0 Å². The standard InChI is InChI=1S/C22H31N7O/c1-14(2)21-24-23-18-9-10-19(26-29(18)21)28-16(4)17(15(3)25-28)8-11-20(30)27-13-7-12-22(27,5)6/h9-10,14H,7-8,11-13H2,1-6H3. The Morgan fingerprint density at radius 1 is 1.17 bits per heavy atom. The molecule has 8 nitrogen and oxygen atoms in total. The van der Waals surface area contributed by atoms with Crippen LogP contribution in [0, 0.1) is 13.8 Å². The van der Waals surface area contributed by atoms with Crippen LogP contribution in [0.4, 0.5) is 0 Å². The summed E-state index contributed by atoms with van der Waals surface area (Å²) in [5, 5.41) is 17.9. The van der Waals surface area contributed by atoms with Gasteiger partial charge in [0.05, 0.1) is 5.69 Å². The molecule has 1 aliphatic heterocycles. The van der Waals surface area contributed by atoms with Gasteiger partial charge < -0.3 is 4.90 Å². The molecule has 3 aromatic rings. The third-order valence-corrected chi connectivity index (χ3v) is 6.24. The van der Waals surface area contributed by atoms with Crippen LogP contribution < -0.4 is 0 Å². The molecule has 0 bridgehead atoms. The third kappa shape index (κ3) is 3.48. The number of carbonyl (C=O) groups is 1. The van der Waals surface area contributed by atoms with E-state index in [0.717, 1.165) is 53.6 Å². The van der Waals surface area contributed by atoms with E-state index >= 15 is 0 Å². The summed E-state index contributed by atoms with van der Waals surface area (Å²) in [5.41, 5.74) is 3.78. The minimum absolute atomic E-state index is 0.0301. The molecule has 1 aliphatic rings. The van der Waals surface area contributed by atoms with Gasteiger partial charge in [-0.3, -0.25) is 4.79 Å². The Hall–Kier alpha value is -2.77. The van der Waals surface area contributed by atoms with E-state index in [0.29, 0.717) is 12.8 Å². The molecular weight excluding hydrogens is 378 g/mol. The van der Waals surface area contributed by atoms with Gasteiger partial charge in [0, 0.05) is 30.1 Å². The molecule has 0 N–H and O–H groups in total. The molecule has 1 saturated heterocycles. The molecule has 8 heteroatoms. The van der Waals surface area contributed by atoms with Crippen molar-refractivity contribution in [2.75, 3.05) is 6.54 Å². The zero-order chi connectivity index (χ0) is 21.6. The number of nitrogens with zero attached hydrogens (tertiary/aromatic N) is 7. The van der Waals surface area contributed by atoms with E-state index in [1.54, 1.807) is 4.52 Å². The summed E-state index contributed by atoms with van der Waals surface area (Å²) in [6, 6.07) is 3.82. The molecule has 4 rings (SSSR count). The highest BCUT2D eigenvalue weighted by Crippen LogP contribution is 2.29. The molecule has 160 valence electrons. The van der Waals surface area contributed by atoms with Crippen LogP contribution in [0.1, 0.15) is 75.7 Å². The second kappa shape index (κ2) is 7.49. The van der Waals surface area contributed by atoms with E-state index in [1.165, 1.54) is 0 Å². The lowest BCUT2D eigenvalue weighted by atomic mass is 10.0. The van der Waals surface area contributed by atoms with Gasteiger partial charge in [-0.1, -0.05) is 13.8 Å². The largest absolute Gasteiger partial charge is 0.338 e. The quantitative estimate of drug-likeness (QED) is 0.645. The van der Waals surface area contributed by atoms with E-state index in [-0.39, 0.29) is 17.4 Å². The van der Waals surface area contributed by atoms with Crippen molar-refractivity contribution < 1.29 is 4.79 Å². The molecule has 1 fully saturated rings. The number of likely N-dealkylation sites (tertiary alicyclic amines) is 1. The lowest BCUT2D eigenvalue weighted by Gasteiger charge is -2.31. The predicted octanol–water partition coefficient (Wildman–Crippen LogP) is 3.38. The first-order chi connectivity index (χ1) is 14.2. The SMILES string of the molecule is Cc1nn(-c2ccc3nnc(C(C)C)n3n2)c(C)c1CCC(=O)N1CCCC1(C)C. The van der Waals surface area contributed by atoms with E-state index in [2.05, 4.69) is 37.9 Å². The molecule has 0 atom stereocenters. The fourth-order valence-electron chi connectivity index (χ4n) is 4.47. The monoisotopic (exact) mass is 409 g/mol. The normalized spacial score (nSPS) is 16.2. The Balaban J connectivity index is 1.59. The maximum absolute atomic E-state index is 12.8. The molecule has 0 unspecified atom stereocenters. The van der Waals surface area contributed by atoms with Gasteiger partial charge in [0.25, 0.3) is 0 Å². The number of aryl methyl sites for hydroxylation is 1. The fraction of sp³-hybridized carbons (Fsp3) is 0.591. The molecule has 0 spiro atoms. The van der Waals surface area contributed by atoms with Crippen molar-refractivity contribution in [3.05, 3.63) is 34.9 Å². The van der Waals surface area contributed by atoms with Crippen molar-refractivity contribution in [2.45, 2.75) is 78.7 Å². The van der Waals surface area contributed by atoms with Crippen molar-refractivity contribution in [1.29, 1.82) is 0 Å². The summed E-state index contributed by atoms with van der Waals surface area (Å²) < 4.78 is 3.65. The lowest BCUT2D eigenvalue weighted by Crippen LogP contribution is -2.42. The molecule has 4 heterocycles. The first kappa shape index (κ1) is 20.5. The van der Waals surface area contributed by atoms with Crippen LogP contribution in [0.15, 0.2) is 12.1 Å². The van der Waals surface area contributed by atoms with E-state index < -0.39 is 0 Å². The van der Waals surface area contributed by atoms with Gasteiger partial charge in [-0.25, -0.2) is 4.68 Å². The van der Waals surface area contributed by atoms with Gasteiger partial charge in [0.15, 0.2) is 17.3 Å². The molecule has 30 heavy (non-hydrogen) atoms. The number of fused-ring (bicyclic) bond motifs is 1. The van der Waals surface area contributed by atoms with Gasteiger partial charge in [0.1, 0.15) is 0 Å². The van der Waals surface area contributed by atoms with Crippen molar-refractivity contribution in [3.8, 4) is 5.82 Å². The van der Waals surface area contributed by atoms with Crippen LogP contribution in [-0.2, 0) is 11.2 Å². The van der Waals surface area contributed by atoms with Gasteiger partial charge in [0.2, 0.25) is 5.91 Å². The molecular formula is C22H31N7O.